The molecular weight excluding hydrogens is 266 g/mol. The van der Waals surface area contributed by atoms with E-state index >= 15 is 0 Å². The highest BCUT2D eigenvalue weighted by atomic mass is 79.9. The second-order valence-electron chi connectivity index (χ2n) is 2.89. The van der Waals surface area contributed by atoms with Gasteiger partial charge in [-0.2, -0.15) is 0 Å². The summed E-state index contributed by atoms with van der Waals surface area (Å²) < 4.78 is 2.54. The summed E-state index contributed by atoms with van der Waals surface area (Å²) in [4.78, 5) is 0.859. The van der Waals surface area contributed by atoms with Gasteiger partial charge in [0.05, 0.1) is 6.20 Å². The molecule has 4 nitrogen and oxygen atoms in total. The van der Waals surface area contributed by atoms with Gasteiger partial charge in [0.15, 0.2) is 0 Å². The maximum atomic E-state index is 9.89. The second-order valence-corrected chi connectivity index (χ2v) is 4.75. The minimum atomic E-state index is -0.681. The first-order valence-corrected chi connectivity index (χ1v) is 5.62. The van der Waals surface area contributed by atoms with Crippen LogP contribution in [0.1, 0.15) is 16.7 Å². The van der Waals surface area contributed by atoms with Crippen molar-refractivity contribution in [2.75, 3.05) is 0 Å². The summed E-state index contributed by atoms with van der Waals surface area (Å²) in [5, 5.41) is 19.4. The Morgan fingerprint density at radius 1 is 1.64 bits per heavy atom. The number of hydrogen-bond acceptors (Lipinski definition) is 4. The van der Waals surface area contributed by atoms with Crippen LogP contribution in [0.15, 0.2) is 22.1 Å². The molecule has 74 valence electrons. The topological polar surface area (TPSA) is 50.9 Å². The van der Waals surface area contributed by atoms with E-state index < -0.39 is 6.10 Å². The highest BCUT2D eigenvalue weighted by molar-refractivity contribution is 9.10. The molecule has 0 bridgehead atoms. The monoisotopic (exact) mass is 273 g/mol. The van der Waals surface area contributed by atoms with Crippen LogP contribution in [0.4, 0.5) is 0 Å². The fourth-order valence-electron chi connectivity index (χ4n) is 1.11. The van der Waals surface area contributed by atoms with Crippen LogP contribution in [0.25, 0.3) is 0 Å². The molecule has 0 fully saturated rings. The fraction of sp³-hybridized carbons (Fsp3) is 0.250. The van der Waals surface area contributed by atoms with Crippen molar-refractivity contribution in [1.29, 1.82) is 0 Å². The van der Waals surface area contributed by atoms with Crippen molar-refractivity contribution >= 4 is 27.3 Å². The number of thiophene rings is 1. The normalized spacial score (nSPS) is 13.1. The molecule has 0 saturated carbocycles. The van der Waals surface area contributed by atoms with Crippen molar-refractivity contribution in [2.24, 2.45) is 7.05 Å². The quantitative estimate of drug-likeness (QED) is 0.907. The third-order valence-electron chi connectivity index (χ3n) is 1.76. The molecule has 2 heterocycles. The van der Waals surface area contributed by atoms with Crippen LogP contribution in [-0.4, -0.2) is 20.1 Å². The highest BCUT2D eigenvalue weighted by Crippen LogP contribution is 2.28. The molecule has 2 aromatic heterocycles. The van der Waals surface area contributed by atoms with E-state index in [2.05, 4.69) is 26.2 Å². The summed E-state index contributed by atoms with van der Waals surface area (Å²) in [6.45, 7) is 0. The third kappa shape index (κ3) is 1.87. The van der Waals surface area contributed by atoms with Crippen LogP contribution in [-0.2, 0) is 7.05 Å². The van der Waals surface area contributed by atoms with Crippen LogP contribution in [0, 0.1) is 0 Å². The number of aryl methyl sites for hydroxylation is 1. The van der Waals surface area contributed by atoms with Crippen LogP contribution in [0.2, 0.25) is 0 Å². The van der Waals surface area contributed by atoms with E-state index in [9.17, 15) is 5.11 Å². The molecule has 0 aliphatic carbocycles. The first-order valence-electron chi connectivity index (χ1n) is 3.95. The molecular formula is C8H8BrN3OS. The van der Waals surface area contributed by atoms with Gasteiger partial charge in [0, 0.05) is 21.8 Å². The molecule has 0 amide bonds. The number of nitrogens with zero attached hydrogens (tertiary/aromatic N) is 3. The van der Waals surface area contributed by atoms with Crippen LogP contribution in [0.5, 0.6) is 0 Å². The Bertz CT molecular complexity index is 399. The zero-order chi connectivity index (χ0) is 10.1. The number of rotatable bonds is 2. The number of aliphatic hydroxyl groups is 1. The Hall–Kier alpha value is -0.720. The Morgan fingerprint density at radius 3 is 2.93 bits per heavy atom. The summed E-state index contributed by atoms with van der Waals surface area (Å²) in [7, 11) is 1.77. The Balaban J connectivity index is 2.28. The fourth-order valence-corrected chi connectivity index (χ4v) is 2.55. The van der Waals surface area contributed by atoms with Crippen molar-refractivity contribution in [3.05, 3.63) is 32.7 Å². The largest absolute Gasteiger partial charge is 0.381 e. The lowest BCUT2D eigenvalue weighted by atomic mass is 10.2. The molecule has 0 aromatic carbocycles. The van der Waals surface area contributed by atoms with Gasteiger partial charge in [-0.05, 0) is 22.0 Å². The Morgan fingerprint density at radius 2 is 2.43 bits per heavy atom. The molecule has 1 N–H and O–H groups in total. The Labute approximate surface area is 93.3 Å². The standard InChI is InChI=1S/C8H8BrN3OS/c1-12-3-6(10-11-12)8(13)7-2-5(9)4-14-7/h2-4,8,13H,1H3. The highest BCUT2D eigenvalue weighted by Gasteiger charge is 2.15. The van der Waals surface area contributed by atoms with E-state index in [0.717, 1.165) is 9.35 Å². The van der Waals surface area contributed by atoms with E-state index in [4.69, 9.17) is 0 Å². The maximum Gasteiger partial charge on any atom is 0.134 e. The summed E-state index contributed by atoms with van der Waals surface area (Å²) in [5.74, 6) is 0. The van der Waals surface area contributed by atoms with Crippen LogP contribution < -0.4 is 0 Å². The number of halogens is 1. The van der Waals surface area contributed by atoms with Gasteiger partial charge < -0.3 is 5.11 Å². The number of hydrogen-bond donors (Lipinski definition) is 1. The number of aromatic nitrogens is 3. The smallest absolute Gasteiger partial charge is 0.134 e. The van der Waals surface area contributed by atoms with Crippen molar-refractivity contribution < 1.29 is 5.11 Å². The zero-order valence-corrected chi connectivity index (χ0v) is 9.79. The average Bonchev–Trinajstić information content (AvgIpc) is 2.73. The number of aliphatic hydroxyl groups excluding tert-OH is 1. The SMILES string of the molecule is Cn1cc(C(O)c2cc(Br)cs2)nn1. The van der Waals surface area contributed by atoms with Gasteiger partial charge in [0.25, 0.3) is 0 Å². The molecule has 1 unspecified atom stereocenters. The third-order valence-corrected chi connectivity index (χ3v) is 3.50. The first kappa shape index (κ1) is 9.82. The molecule has 0 aliphatic rings. The van der Waals surface area contributed by atoms with Gasteiger partial charge >= 0.3 is 0 Å². The summed E-state index contributed by atoms with van der Waals surface area (Å²) in [5.41, 5.74) is 0.571. The van der Waals surface area contributed by atoms with E-state index in [1.807, 2.05) is 11.4 Å². The van der Waals surface area contributed by atoms with Crippen molar-refractivity contribution in [3.63, 3.8) is 0 Å². The lowest BCUT2D eigenvalue weighted by molar-refractivity contribution is 0.219. The van der Waals surface area contributed by atoms with Crippen molar-refractivity contribution in [3.8, 4) is 0 Å². The van der Waals surface area contributed by atoms with Gasteiger partial charge in [-0.3, -0.25) is 4.68 Å². The molecule has 6 heteroatoms. The predicted octanol–water partition coefficient (Wildman–Crippen LogP) is 1.72. The van der Waals surface area contributed by atoms with E-state index in [1.165, 1.54) is 11.3 Å². The maximum absolute atomic E-state index is 9.89. The first-order chi connectivity index (χ1) is 6.66. The molecule has 0 radical (unpaired) electrons. The summed E-state index contributed by atoms with van der Waals surface area (Å²) in [6.07, 6.45) is 1.03. The Kier molecular flexibility index (Phi) is 2.66. The van der Waals surface area contributed by atoms with Gasteiger partial charge in [-0.25, -0.2) is 0 Å². The molecule has 0 saturated heterocycles. The lowest BCUT2D eigenvalue weighted by Crippen LogP contribution is -1.97. The van der Waals surface area contributed by atoms with Gasteiger partial charge in [-0.1, -0.05) is 5.21 Å². The molecule has 2 aromatic rings. The van der Waals surface area contributed by atoms with Gasteiger partial charge in [-0.15, -0.1) is 16.4 Å². The van der Waals surface area contributed by atoms with E-state index in [1.54, 1.807) is 17.9 Å². The van der Waals surface area contributed by atoms with Gasteiger partial charge in [0.1, 0.15) is 11.8 Å². The summed E-state index contributed by atoms with van der Waals surface area (Å²) in [6, 6.07) is 1.88. The van der Waals surface area contributed by atoms with Crippen LogP contribution in [0.3, 0.4) is 0 Å². The predicted molar refractivity (Wildman–Crippen MR) is 57.1 cm³/mol. The zero-order valence-electron chi connectivity index (χ0n) is 7.38. The van der Waals surface area contributed by atoms with E-state index in [-0.39, 0.29) is 0 Å². The summed E-state index contributed by atoms with van der Waals surface area (Å²) >= 11 is 4.82. The van der Waals surface area contributed by atoms with E-state index in [0.29, 0.717) is 5.69 Å². The minimum absolute atomic E-state index is 0.571. The second kappa shape index (κ2) is 3.80. The van der Waals surface area contributed by atoms with Crippen molar-refractivity contribution in [1.82, 2.24) is 15.0 Å². The average molecular weight is 274 g/mol. The lowest BCUT2D eigenvalue weighted by Gasteiger charge is -2.02. The van der Waals surface area contributed by atoms with Crippen molar-refractivity contribution in [2.45, 2.75) is 6.10 Å². The molecule has 1 atom stereocenters. The molecule has 0 aliphatic heterocycles. The van der Waals surface area contributed by atoms with Crippen LogP contribution >= 0.6 is 27.3 Å². The van der Waals surface area contributed by atoms with Gasteiger partial charge in [0.2, 0.25) is 0 Å². The minimum Gasteiger partial charge on any atom is -0.381 e. The molecule has 0 spiro atoms. The molecule has 14 heavy (non-hydrogen) atoms. The molecule has 2 rings (SSSR count).